The summed E-state index contributed by atoms with van der Waals surface area (Å²) in [6.45, 7) is 7.68. The van der Waals surface area contributed by atoms with Gasteiger partial charge < -0.3 is 29.5 Å². The Hall–Kier alpha value is -3.05. The molecule has 3 aliphatic heterocycles. The quantitative estimate of drug-likeness (QED) is 0.291. The summed E-state index contributed by atoms with van der Waals surface area (Å²) in [6, 6.07) is 3.51. The number of carbonyl (C=O) groups is 1. The van der Waals surface area contributed by atoms with Gasteiger partial charge in [0.05, 0.1) is 20.8 Å². The molecule has 42 heavy (non-hydrogen) atoms. The zero-order chi connectivity index (χ0) is 29.5. The maximum atomic E-state index is 15.7. The van der Waals surface area contributed by atoms with E-state index >= 15 is 4.39 Å². The standard InChI is InChI=1S/C29H30Cl3FN6O3/c1-3-21(40)38-8-10-39(11-9-38)28-17-13-18(30)22-23-24(33)19(31)14-20(32)26(23)34-6-12-41-27(22)25(17)35-29(36-28)42-15-16-5-4-7-37(16)2/h3,13-14,16,34H,1,4-12,15H2,2H3. The number of fused-ring (bicyclic) bond motifs is 5. The van der Waals surface area contributed by atoms with E-state index in [0.29, 0.717) is 73.1 Å². The molecule has 0 radical (unpaired) electrons. The fraction of sp³-hybridized carbons (Fsp3) is 0.414. The van der Waals surface area contributed by atoms with Crippen LogP contribution in [0.4, 0.5) is 15.9 Å². The molecular formula is C29H30Cl3FN6O3. The predicted molar refractivity (Wildman–Crippen MR) is 164 cm³/mol. The van der Waals surface area contributed by atoms with Crippen molar-refractivity contribution in [1.29, 1.82) is 0 Å². The highest BCUT2D eigenvalue weighted by Crippen LogP contribution is 2.50. The zero-order valence-electron chi connectivity index (χ0n) is 23.1. The molecule has 222 valence electrons. The van der Waals surface area contributed by atoms with Gasteiger partial charge in [-0.15, -0.1) is 0 Å². The highest BCUT2D eigenvalue weighted by atomic mass is 35.5. The van der Waals surface area contributed by atoms with E-state index in [1.54, 1.807) is 11.0 Å². The minimum atomic E-state index is -0.672. The lowest BCUT2D eigenvalue weighted by Gasteiger charge is -2.35. The summed E-state index contributed by atoms with van der Waals surface area (Å²) in [4.78, 5) is 27.9. The molecule has 2 saturated heterocycles. The number of piperazine rings is 1. The predicted octanol–water partition coefficient (Wildman–Crippen LogP) is 5.51. The normalized spacial score (nSPS) is 18.9. The molecule has 2 aromatic carbocycles. The van der Waals surface area contributed by atoms with Gasteiger partial charge in [0.1, 0.15) is 24.5 Å². The number of ether oxygens (including phenoxy) is 2. The average molecular weight is 636 g/mol. The Labute approximate surface area is 258 Å². The lowest BCUT2D eigenvalue weighted by Crippen LogP contribution is -2.48. The number of amides is 1. The third-order valence-corrected chi connectivity index (χ3v) is 8.94. The largest absolute Gasteiger partial charge is 0.489 e. The Morgan fingerprint density at radius 3 is 2.64 bits per heavy atom. The van der Waals surface area contributed by atoms with Crippen LogP contribution in [0.1, 0.15) is 12.8 Å². The molecule has 4 heterocycles. The van der Waals surface area contributed by atoms with Gasteiger partial charge in [-0.05, 0) is 44.6 Å². The van der Waals surface area contributed by atoms with Crippen LogP contribution in [0.25, 0.3) is 22.0 Å². The molecule has 13 heteroatoms. The van der Waals surface area contributed by atoms with Crippen LogP contribution in [-0.2, 0) is 4.79 Å². The van der Waals surface area contributed by atoms with Crippen LogP contribution in [0, 0.1) is 5.82 Å². The lowest BCUT2D eigenvalue weighted by molar-refractivity contribution is -0.126. The fourth-order valence-corrected chi connectivity index (χ4v) is 6.63. The Bertz CT molecular complexity index is 1570. The topological polar surface area (TPSA) is 83.1 Å². The second-order valence-corrected chi connectivity index (χ2v) is 11.8. The number of rotatable bonds is 5. The van der Waals surface area contributed by atoms with Gasteiger partial charge >= 0.3 is 6.01 Å². The number of nitrogens with one attached hydrogen (secondary N) is 1. The summed E-state index contributed by atoms with van der Waals surface area (Å²) >= 11 is 19.7. The van der Waals surface area contributed by atoms with E-state index in [9.17, 15) is 4.79 Å². The zero-order valence-corrected chi connectivity index (χ0v) is 25.3. The summed E-state index contributed by atoms with van der Waals surface area (Å²) in [5.41, 5.74) is 1.21. The van der Waals surface area contributed by atoms with Gasteiger partial charge in [0.2, 0.25) is 5.91 Å². The van der Waals surface area contributed by atoms with E-state index in [4.69, 9.17) is 54.2 Å². The van der Waals surface area contributed by atoms with E-state index < -0.39 is 5.82 Å². The van der Waals surface area contributed by atoms with Crippen LogP contribution in [0.5, 0.6) is 11.8 Å². The molecule has 9 nitrogen and oxygen atoms in total. The molecule has 0 aliphatic carbocycles. The minimum Gasteiger partial charge on any atom is -0.489 e. The van der Waals surface area contributed by atoms with Crippen LogP contribution in [0.2, 0.25) is 15.1 Å². The van der Waals surface area contributed by atoms with Crippen LogP contribution < -0.4 is 19.7 Å². The number of hydrogen-bond acceptors (Lipinski definition) is 8. The van der Waals surface area contributed by atoms with Crippen LogP contribution in [0.3, 0.4) is 0 Å². The molecule has 0 saturated carbocycles. The average Bonchev–Trinajstić information content (AvgIpc) is 3.39. The number of likely N-dealkylation sites (N-methyl/N-ethyl adjacent to an activating group) is 1. The van der Waals surface area contributed by atoms with Crippen molar-refractivity contribution in [1.82, 2.24) is 19.8 Å². The summed E-state index contributed by atoms with van der Waals surface area (Å²) in [7, 11) is 2.08. The van der Waals surface area contributed by atoms with E-state index in [1.807, 2.05) is 0 Å². The number of benzene rings is 2. The molecule has 3 aromatic rings. The second kappa shape index (κ2) is 11.9. The molecule has 1 N–H and O–H groups in total. The number of halogens is 4. The summed E-state index contributed by atoms with van der Waals surface area (Å²) in [6.07, 6.45) is 3.45. The number of likely N-dealkylation sites (tertiary alicyclic amines) is 1. The first-order chi connectivity index (χ1) is 20.3. The van der Waals surface area contributed by atoms with E-state index in [1.165, 1.54) is 12.1 Å². The molecule has 1 amide bonds. The van der Waals surface area contributed by atoms with Crippen molar-refractivity contribution in [2.45, 2.75) is 18.9 Å². The van der Waals surface area contributed by atoms with Gasteiger partial charge in [-0.2, -0.15) is 9.97 Å². The Morgan fingerprint density at radius 1 is 1.14 bits per heavy atom. The van der Waals surface area contributed by atoms with Crippen molar-refractivity contribution < 1.29 is 18.7 Å². The van der Waals surface area contributed by atoms with Crippen molar-refractivity contribution in [2.75, 3.05) is 69.7 Å². The smallest absolute Gasteiger partial charge is 0.319 e. The van der Waals surface area contributed by atoms with Gasteiger partial charge in [-0.3, -0.25) is 4.79 Å². The molecule has 1 unspecified atom stereocenters. The summed E-state index contributed by atoms with van der Waals surface area (Å²) in [5.74, 6) is 0.106. The van der Waals surface area contributed by atoms with Gasteiger partial charge in [0.15, 0.2) is 11.6 Å². The first-order valence-electron chi connectivity index (χ1n) is 13.8. The Morgan fingerprint density at radius 2 is 1.93 bits per heavy atom. The van der Waals surface area contributed by atoms with Gasteiger partial charge in [0, 0.05) is 55.3 Å². The van der Waals surface area contributed by atoms with Crippen LogP contribution in [0.15, 0.2) is 24.8 Å². The van der Waals surface area contributed by atoms with Gasteiger partial charge in [-0.25, -0.2) is 4.39 Å². The van der Waals surface area contributed by atoms with Gasteiger partial charge in [-0.1, -0.05) is 41.4 Å². The van der Waals surface area contributed by atoms with Gasteiger partial charge in [0.25, 0.3) is 0 Å². The fourth-order valence-electron chi connectivity index (χ4n) is 5.81. The second-order valence-electron chi connectivity index (χ2n) is 10.6. The van der Waals surface area contributed by atoms with Crippen molar-refractivity contribution in [3.05, 3.63) is 45.7 Å². The van der Waals surface area contributed by atoms with E-state index in [0.717, 1.165) is 19.4 Å². The Kier molecular flexibility index (Phi) is 8.24. The molecule has 2 fully saturated rings. The monoisotopic (exact) mass is 634 g/mol. The van der Waals surface area contributed by atoms with Crippen molar-refractivity contribution in [3.8, 4) is 22.9 Å². The van der Waals surface area contributed by atoms with Crippen LogP contribution in [-0.4, -0.2) is 91.2 Å². The van der Waals surface area contributed by atoms with Crippen molar-refractivity contribution in [3.63, 3.8) is 0 Å². The molecule has 1 atom stereocenters. The molecule has 6 rings (SSSR count). The van der Waals surface area contributed by atoms with Crippen molar-refractivity contribution >= 4 is 63.1 Å². The van der Waals surface area contributed by atoms with E-state index in [-0.39, 0.29) is 45.2 Å². The third-order valence-electron chi connectivity index (χ3n) is 8.07. The number of anilines is 2. The third kappa shape index (κ3) is 5.30. The lowest BCUT2D eigenvalue weighted by atomic mass is 9.98. The SMILES string of the molecule is C=CC(=O)N1CCN(c2nc(OCC3CCCN3C)nc3c4c(c(Cl)cc23)-c2c(F)c(Cl)cc(Cl)c2NCCO4)CC1. The highest BCUT2D eigenvalue weighted by molar-refractivity contribution is 6.39. The number of nitrogens with zero attached hydrogens (tertiary/aromatic N) is 5. The molecule has 1 aromatic heterocycles. The number of aromatic nitrogens is 2. The maximum Gasteiger partial charge on any atom is 0.319 e. The summed E-state index contributed by atoms with van der Waals surface area (Å²) < 4.78 is 28.1. The number of carbonyl (C=O) groups excluding carboxylic acids is 1. The molecule has 0 spiro atoms. The maximum absolute atomic E-state index is 15.7. The minimum absolute atomic E-state index is 0.112. The first kappa shape index (κ1) is 29.0. The van der Waals surface area contributed by atoms with Crippen LogP contribution >= 0.6 is 34.8 Å². The summed E-state index contributed by atoms with van der Waals surface area (Å²) in [5, 5.41) is 4.12. The van der Waals surface area contributed by atoms with E-state index in [2.05, 4.69) is 28.7 Å². The molecule has 3 aliphatic rings. The molecular weight excluding hydrogens is 606 g/mol. The first-order valence-corrected chi connectivity index (χ1v) is 15.0. The molecule has 0 bridgehead atoms. The highest BCUT2D eigenvalue weighted by Gasteiger charge is 2.31. The Balaban J connectivity index is 1.51. The van der Waals surface area contributed by atoms with Crippen molar-refractivity contribution in [2.24, 2.45) is 0 Å². The number of hydrogen-bond donors (Lipinski definition) is 1.